The molecule has 0 amide bonds. The highest BCUT2D eigenvalue weighted by Crippen LogP contribution is 2.39. The van der Waals surface area contributed by atoms with Crippen molar-refractivity contribution >= 4 is 21.9 Å². The third-order valence-corrected chi connectivity index (χ3v) is 6.01. The highest BCUT2D eigenvalue weighted by molar-refractivity contribution is 6.13. The van der Waals surface area contributed by atoms with Crippen LogP contribution in [0.4, 0.5) is 0 Å². The zero-order chi connectivity index (χ0) is 22.2. The van der Waals surface area contributed by atoms with Crippen molar-refractivity contribution in [3.05, 3.63) is 115 Å². The van der Waals surface area contributed by atoms with E-state index in [0.717, 1.165) is 55.4 Å². The van der Waals surface area contributed by atoms with Crippen LogP contribution in [0.2, 0.25) is 0 Å². The molecule has 0 spiro atoms. The lowest BCUT2D eigenvalue weighted by Gasteiger charge is -2.07. The first-order valence-corrected chi connectivity index (χ1v) is 10.8. The Morgan fingerprint density at radius 2 is 1.39 bits per heavy atom. The number of furan rings is 1. The molecular weight excluding hydrogens is 404 g/mol. The van der Waals surface area contributed by atoms with Crippen LogP contribution in [0, 0.1) is 11.3 Å². The van der Waals surface area contributed by atoms with Crippen LogP contribution in [0.1, 0.15) is 5.56 Å². The van der Waals surface area contributed by atoms with Gasteiger partial charge in [-0.3, -0.25) is 4.98 Å². The molecule has 4 aromatic carbocycles. The normalized spacial score (nSPS) is 11.0. The zero-order valence-corrected chi connectivity index (χ0v) is 17.7. The second-order valence-corrected chi connectivity index (χ2v) is 7.94. The van der Waals surface area contributed by atoms with Gasteiger partial charge in [0.1, 0.15) is 11.2 Å². The van der Waals surface area contributed by atoms with E-state index in [2.05, 4.69) is 53.5 Å². The summed E-state index contributed by atoms with van der Waals surface area (Å²) in [4.78, 5) is 4.44. The molecule has 0 aliphatic rings. The fraction of sp³-hybridized carbons (Fsp3) is 0. The first-order valence-electron chi connectivity index (χ1n) is 10.8. The second kappa shape index (κ2) is 7.78. The standard InChI is InChI=1S/C30H18N2O/c31-19-23-6-1-2-7-24(23)25-8-5-10-29-30(25)26-18-22(15-16-28(26)33-29)20-11-13-21(14-12-20)27-9-3-4-17-32-27/h1-18H. The smallest absolute Gasteiger partial charge is 0.136 e. The number of benzene rings is 4. The topological polar surface area (TPSA) is 49.8 Å². The molecule has 3 nitrogen and oxygen atoms in total. The van der Waals surface area contributed by atoms with Crippen LogP contribution < -0.4 is 0 Å². The Labute approximate surface area is 191 Å². The van der Waals surface area contributed by atoms with E-state index in [1.807, 2.05) is 66.9 Å². The van der Waals surface area contributed by atoms with Gasteiger partial charge in [-0.1, -0.05) is 66.7 Å². The molecule has 154 valence electrons. The van der Waals surface area contributed by atoms with Gasteiger partial charge < -0.3 is 4.42 Å². The molecule has 2 aromatic heterocycles. The van der Waals surface area contributed by atoms with Crippen LogP contribution in [-0.2, 0) is 0 Å². The van der Waals surface area contributed by atoms with Gasteiger partial charge in [0, 0.05) is 28.1 Å². The molecule has 2 heterocycles. The number of hydrogen-bond donors (Lipinski definition) is 0. The van der Waals surface area contributed by atoms with Crippen molar-refractivity contribution in [1.82, 2.24) is 4.98 Å². The highest BCUT2D eigenvalue weighted by Gasteiger charge is 2.15. The van der Waals surface area contributed by atoms with E-state index in [1.54, 1.807) is 0 Å². The van der Waals surface area contributed by atoms with Gasteiger partial charge in [0.15, 0.2) is 0 Å². The maximum Gasteiger partial charge on any atom is 0.136 e. The summed E-state index contributed by atoms with van der Waals surface area (Å²) in [7, 11) is 0. The summed E-state index contributed by atoms with van der Waals surface area (Å²) < 4.78 is 6.16. The van der Waals surface area contributed by atoms with Gasteiger partial charge in [0.25, 0.3) is 0 Å². The first kappa shape index (κ1) is 19.0. The molecular formula is C30H18N2O. The predicted molar refractivity (Wildman–Crippen MR) is 133 cm³/mol. The molecule has 0 saturated carbocycles. The summed E-state index contributed by atoms with van der Waals surface area (Å²) in [5, 5.41) is 11.7. The van der Waals surface area contributed by atoms with Gasteiger partial charge in [0.2, 0.25) is 0 Å². The fourth-order valence-corrected chi connectivity index (χ4v) is 4.41. The lowest BCUT2D eigenvalue weighted by atomic mass is 9.94. The van der Waals surface area contributed by atoms with E-state index in [0.29, 0.717) is 5.56 Å². The lowest BCUT2D eigenvalue weighted by molar-refractivity contribution is 0.669. The number of nitrogens with zero attached hydrogens (tertiary/aromatic N) is 2. The lowest BCUT2D eigenvalue weighted by Crippen LogP contribution is -1.85. The highest BCUT2D eigenvalue weighted by atomic mass is 16.3. The van der Waals surface area contributed by atoms with Crippen molar-refractivity contribution < 1.29 is 4.42 Å². The van der Waals surface area contributed by atoms with Crippen LogP contribution >= 0.6 is 0 Å². The van der Waals surface area contributed by atoms with E-state index in [1.165, 1.54) is 0 Å². The van der Waals surface area contributed by atoms with E-state index in [4.69, 9.17) is 4.42 Å². The molecule has 0 N–H and O–H groups in total. The molecule has 6 aromatic rings. The van der Waals surface area contributed by atoms with Crippen molar-refractivity contribution in [3.8, 4) is 39.6 Å². The van der Waals surface area contributed by atoms with Crippen LogP contribution in [0.3, 0.4) is 0 Å². The molecule has 6 rings (SSSR count). The minimum Gasteiger partial charge on any atom is -0.456 e. The van der Waals surface area contributed by atoms with Gasteiger partial charge in [0.05, 0.1) is 17.3 Å². The zero-order valence-electron chi connectivity index (χ0n) is 17.7. The minimum atomic E-state index is 0.653. The third kappa shape index (κ3) is 3.26. The Morgan fingerprint density at radius 1 is 0.636 bits per heavy atom. The molecule has 0 aliphatic carbocycles. The Morgan fingerprint density at radius 3 is 2.21 bits per heavy atom. The van der Waals surface area contributed by atoms with E-state index < -0.39 is 0 Å². The maximum atomic E-state index is 9.64. The number of pyridine rings is 1. The van der Waals surface area contributed by atoms with E-state index in [-0.39, 0.29) is 0 Å². The Bertz CT molecular complexity index is 1660. The number of fused-ring (bicyclic) bond motifs is 3. The summed E-state index contributed by atoms with van der Waals surface area (Å²) >= 11 is 0. The van der Waals surface area contributed by atoms with Gasteiger partial charge in [-0.15, -0.1) is 0 Å². The molecule has 0 unspecified atom stereocenters. The average molecular weight is 422 g/mol. The monoisotopic (exact) mass is 422 g/mol. The molecule has 0 saturated heterocycles. The molecule has 0 radical (unpaired) electrons. The summed E-state index contributed by atoms with van der Waals surface area (Å²) in [5.41, 5.74) is 8.51. The number of hydrogen-bond acceptors (Lipinski definition) is 3. The molecule has 0 bridgehead atoms. The minimum absolute atomic E-state index is 0.653. The molecule has 0 fully saturated rings. The van der Waals surface area contributed by atoms with Crippen LogP contribution in [0.25, 0.3) is 55.4 Å². The SMILES string of the molecule is N#Cc1ccccc1-c1cccc2oc3ccc(-c4ccc(-c5ccccn5)cc4)cc3c12. The van der Waals surface area contributed by atoms with Crippen molar-refractivity contribution in [3.63, 3.8) is 0 Å². The van der Waals surface area contributed by atoms with Crippen LogP contribution in [0.5, 0.6) is 0 Å². The maximum absolute atomic E-state index is 9.64. The van der Waals surface area contributed by atoms with Crippen molar-refractivity contribution in [2.45, 2.75) is 0 Å². The van der Waals surface area contributed by atoms with E-state index >= 15 is 0 Å². The molecule has 0 atom stereocenters. The van der Waals surface area contributed by atoms with Crippen LogP contribution in [0.15, 0.2) is 114 Å². The predicted octanol–water partition coefficient (Wildman–Crippen LogP) is 7.85. The fourth-order valence-electron chi connectivity index (χ4n) is 4.41. The van der Waals surface area contributed by atoms with Gasteiger partial charge in [-0.25, -0.2) is 0 Å². The van der Waals surface area contributed by atoms with Crippen molar-refractivity contribution in [2.24, 2.45) is 0 Å². The largest absolute Gasteiger partial charge is 0.456 e. The molecule has 3 heteroatoms. The van der Waals surface area contributed by atoms with Gasteiger partial charge in [-0.2, -0.15) is 5.26 Å². The summed E-state index contributed by atoms with van der Waals surface area (Å²) in [6.45, 7) is 0. The number of rotatable bonds is 3. The van der Waals surface area contributed by atoms with Crippen LogP contribution in [-0.4, -0.2) is 4.98 Å². The second-order valence-electron chi connectivity index (χ2n) is 7.94. The number of aromatic nitrogens is 1. The molecule has 0 aliphatic heterocycles. The third-order valence-electron chi connectivity index (χ3n) is 6.01. The molecule has 33 heavy (non-hydrogen) atoms. The summed E-state index contributed by atoms with van der Waals surface area (Å²) in [5.74, 6) is 0. The van der Waals surface area contributed by atoms with Crippen molar-refractivity contribution in [2.75, 3.05) is 0 Å². The summed E-state index contributed by atoms with van der Waals surface area (Å²) in [6.07, 6.45) is 1.81. The average Bonchev–Trinajstić information content (AvgIpc) is 3.27. The number of nitriles is 1. The van der Waals surface area contributed by atoms with Crippen molar-refractivity contribution in [1.29, 1.82) is 5.26 Å². The Kier molecular flexibility index (Phi) is 4.49. The van der Waals surface area contributed by atoms with Gasteiger partial charge in [-0.05, 0) is 53.1 Å². The quantitative estimate of drug-likeness (QED) is 0.292. The summed E-state index contributed by atoms with van der Waals surface area (Å²) in [6, 6.07) is 36.7. The Hall–Kier alpha value is -4.68. The van der Waals surface area contributed by atoms with E-state index in [9.17, 15) is 5.26 Å². The first-order chi connectivity index (χ1) is 16.3. The van der Waals surface area contributed by atoms with Gasteiger partial charge >= 0.3 is 0 Å². The Balaban J connectivity index is 1.51.